The van der Waals surface area contributed by atoms with E-state index in [4.69, 9.17) is 9.84 Å². The van der Waals surface area contributed by atoms with Crippen LogP contribution in [0.2, 0.25) is 0 Å². The van der Waals surface area contributed by atoms with Crippen molar-refractivity contribution in [3.8, 4) is 0 Å². The van der Waals surface area contributed by atoms with Crippen molar-refractivity contribution in [3.63, 3.8) is 0 Å². The maximum Gasteiger partial charge on any atom is 0.307 e. The standard InChI is InChI=1S/C21H23NO5S/c23-20(24)15-16-4-3-6-18(14-16)28(25,26)22-11-9-21(10-12-22)19-7-2-1-5-17(19)8-13-27-21/h1-7,14H,8-13,15H2,(H,23,24). The maximum absolute atomic E-state index is 13.1. The Balaban J connectivity index is 1.55. The molecule has 0 bridgehead atoms. The highest BCUT2D eigenvalue weighted by Gasteiger charge is 2.43. The summed E-state index contributed by atoms with van der Waals surface area (Å²) in [7, 11) is -3.67. The van der Waals surface area contributed by atoms with Gasteiger partial charge in [-0.25, -0.2) is 8.42 Å². The number of hydrogen-bond donors (Lipinski definition) is 1. The molecule has 7 heteroatoms. The number of carbonyl (C=O) groups is 1. The van der Waals surface area contributed by atoms with Crippen molar-refractivity contribution in [2.45, 2.75) is 36.2 Å². The molecule has 2 aromatic carbocycles. The smallest absolute Gasteiger partial charge is 0.307 e. The predicted molar refractivity (Wildman–Crippen MR) is 104 cm³/mol. The molecule has 0 radical (unpaired) electrons. The fraction of sp³-hybridized carbons (Fsp3) is 0.381. The van der Waals surface area contributed by atoms with Crippen LogP contribution in [0.25, 0.3) is 0 Å². The molecule has 0 amide bonds. The Morgan fingerprint density at radius 3 is 2.61 bits per heavy atom. The van der Waals surface area contributed by atoms with E-state index >= 15 is 0 Å². The second-order valence-electron chi connectivity index (χ2n) is 7.37. The van der Waals surface area contributed by atoms with Gasteiger partial charge in [0.05, 0.1) is 23.5 Å². The number of nitrogens with zero attached hydrogens (tertiary/aromatic N) is 1. The summed E-state index contributed by atoms with van der Waals surface area (Å²) in [5, 5.41) is 8.96. The second-order valence-corrected chi connectivity index (χ2v) is 9.31. The average molecular weight is 401 g/mol. The number of carboxylic acid groups (broad SMARTS) is 1. The maximum atomic E-state index is 13.1. The van der Waals surface area contributed by atoms with Crippen molar-refractivity contribution in [2.75, 3.05) is 19.7 Å². The Morgan fingerprint density at radius 1 is 1.11 bits per heavy atom. The van der Waals surface area contributed by atoms with Gasteiger partial charge in [0.25, 0.3) is 0 Å². The summed E-state index contributed by atoms with van der Waals surface area (Å²) in [6, 6.07) is 14.5. The van der Waals surface area contributed by atoms with Crippen molar-refractivity contribution in [1.29, 1.82) is 0 Å². The van der Waals surface area contributed by atoms with E-state index in [2.05, 4.69) is 12.1 Å². The number of sulfonamides is 1. The van der Waals surface area contributed by atoms with Gasteiger partial charge < -0.3 is 9.84 Å². The first kappa shape index (κ1) is 19.1. The fourth-order valence-corrected chi connectivity index (χ4v) is 5.77. The zero-order valence-corrected chi connectivity index (χ0v) is 16.3. The Bertz CT molecular complexity index is 993. The van der Waals surface area contributed by atoms with Gasteiger partial charge in [0.1, 0.15) is 0 Å². The molecule has 0 unspecified atom stereocenters. The first-order chi connectivity index (χ1) is 13.4. The lowest BCUT2D eigenvalue weighted by atomic mass is 9.80. The Kier molecular flexibility index (Phi) is 4.99. The van der Waals surface area contributed by atoms with Crippen molar-refractivity contribution >= 4 is 16.0 Å². The zero-order valence-electron chi connectivity index (χ0n) is 15.5. The molecule has 4 rings (SSSR count). The van der Waals surface area contributed by atoms with Crippen LogP contribution in [0.15, 0.2) is 53.4 Å². The van der Waals surface area contributed by atoms with Crippen LogP contribution in [0.4, 0.5) is 0 Å². The van der Waals surface area contributed by atoms with Gasteiger partial charge in [-0.3, -0.25) is 4.79 Å². The van der Waals surface area contributed by atoms with Gasteiger partial charge in [0.2, 0.25) is 10.0 Å². The molecule has 0 aromatic heterocycles. The van der Waals surface area contributed by atoms with Crippen LogP contribution in [0.5, 0.6) is 0 Å². The molecule has 1 spiro atoms. The number of benzene rings is 2. The summed E-state index contributed by atoms with van der Waals surface area (Å²) < 4.78 is 33.8. The van der Waals surface area contributed by atoms with E-state index in [1.54, 1.807) is 12.1 Å². The Morgan fingerprint density at radius 2 is 1.86 bits per heavy atom. The highest BCUT2D eigenvalue weighted by Crippen LogP contribution is 2.42. The number of hydrogen-bond acceptors (Lipinski definition) is 4. The number of piperidine rings is 1. The summed E-state index contributed by atoms with van der Waals surface area (Å²) in [6.07, 6.45) is 1.91. The van der Waals surface area contributed by atoms with Gasteiger partial charge in [-0.2, -0.15) is 4.31 Å². The Hall–Kier alpha value is -2.22. The summed E-state index contributed by atoms with van der Waals surface area (Å²) >= 11 is 0. The van der Waals surface area contributed by atoms with E-state index in [1.807, 2.05) is 12.1 Å². The third kappa shape index (κ3) is 3.45. The molecule has 1 saturated heterocycles. The molecule has 2 aliphatic heterocycles. The molecule has 148 valence electrons. The van der Waals surface area contributed by atoms with Gasteiger partial charge in [-0.1, -0.05) is 36.4 Å². The molecule has 0 saturated carbocycles. The largest absolute Gasteiger partial charge is 0.481 e. The average Bonchev–Trinajstić information content (AvgIpc) is 2.69. The number of fused-ring (bicyclic) bond motifs is 2. The van der Waals surface area contributed by atoms with E-state index in [0.717, 1.165) is 6.42 Å². The molecule has 0 aliphatic carbocycles. The molecule has 0 atom stereocenters. The van der Waals surface area contributed by atoms with Crippen LogP contribution in [0.1, 0.15) is 29.5 Å². The quantitative estimate of drug-likeness (QED) is 0.851. The van der Waals surface area contributed by atoms with Gasteiger partial charge in [0, 0.05) is 13.1 Å². The van der Waals surface area contributed by atoms with E-state index in [-0.39, 0.29) is 11.3 Å². The first-order valence-electron chi connectivity index (χ1n) is 9.44. The molecule has 28 heavy (non-hydrogen) atoms. The molecule has 2 heterocycles. The molecule has 6 nitrogen and oxygen atoms in total. The van der Waals surface area contributed by atoms with Crippen molar-refractivity contribution < 1.29 is 23.1 Å². The summed E-state index contributed by atoms with van der Waals surface area (Å²) in [5.41, 5.74) is 2.53. The summed E-state index contributed by atoms with van der Waals surface area (Å²) in [6.45, 7) is 1.40. The lowest BCUT2D eigenvalue weighted by molar-refractivity contribution is -0.136. The molecule has 2 aromatic rings. The first-order valence-corrected chi connectivity index (χ1v) is 10.9. The van der Waals surface area contributed by atoms with Crippen molar-refractivity contribution in [2.24, 2.45) is 0 Å². The van der Waals surface area contributed by atoms with Gasteiger partial charge in [-0.05, 0) is 48.1 Å². The van der Waals surface area contributed by atoms with Crippen molar-refractivity contribution in [3.05, 3.63) is 65.2 Å². The van der Waals surface area contributed by atoms with Crippen LogP contribution < -0.4 is 0 Å². The van der Waals surface area contributed by atoms with E-state index in [0.29, 0.717) is 38.1 Å². The van der Waals surface area contributed by atoms with Crippen LogP contribution in [-0.2, 0) is 38.0 Å². The molecular formula is C21H23NO5S. The SMILES string of the molecule is O=C(O)Cc1cccc(S(=O)(=O)N2CCC3(CC2)OCCc2ccccc23)c1. The third-order valence-corrected chi connectivity index (χ3v) is 7.57. The summed E-state index contributed by atoms with van der Waals surface area (Å²) in [4.78, 5) is 11.1. The van der Waals surface area contributed by atoms with E-state index < -0.39 is 21.6 Å². The number of ether oxygens (including phenoxy) is 1. The van der Waals surface area contributed by atoms with E-state index in [9.17, 15) is 13.2 Å². The van der Waals surface area contributed by atoms with Crippen LogP contribution in [0.3, 0.4) is 0 Å². The van der Waals surface area contributed by atoms with Gasteiger partial charge >= 0.3 is 5.97 Å². The van der Waals surface area contributed by atoms with Crippen LogP contribution in [0, 0.1) is 0 Å². The monoisotopic (exact) mass is 401 g/mol. The van der Waals surface area contributed by atoms with Gasteiger partial charge in [-0.15, -0.1) is 0 Å². The molecular weight excluding hydrogens is 378 g/mol. The van der Waals surface area contributed by atoms with E-state index in [1.165, 1.54) is 27.6 Å². The number of aliphatic carboxylic acids is 1. The lowest BCUT2D eigenvalue weighted by Crippen LogP contribution is -2.48. The van der Waals surface area contributed by atoms with Gasteiger partial charge in [0.15, 0.2) is 0 Å². The normalized spacial score (nSPS) is 19.3. The topological polar surface area (TPSA) is 83.9 Å². The molecule has 2 aliphatic rings. The van der Waals surface area contributed by atoms with Crippen molar-refractivity contribution in [1.82, 2.24) is 4.31 Å². The summed E-state index contributed by atoms with van der Waals surface area (Å²) in [5.74, 6) is -0.984. The highest BCUT2D eigenvalue weighted by atomic mass is 32.2. The van der Waals surface area contributed by atoms with Crippen LogP contribution >= 0.6 is 0 Å². The molecule has 1 fully saturated rings. The predicted octanol–water partition coefficient (Wildman–Crippen LogP) is 2.57. The highest BCUT2D eigenvalue weighted by molar-refractivity contribution is 7.89. The second kappa shape index (κ2) is 7.31. The minimum atomic E-state index is -3.67. The zero-order chi connectivity index (χ0) is 19.8. The molecule has 1 N–H and O–H groups in total. The number of rotatable bonds is 4. The third-order valence-electron chi connectivity index (χ3n) is 5.68. The number of carboxylic acids is 1. The minimum absolute atomic E-state index is 0.146. The lowest BCUT2D eigenvalue weighted by Gasteiger charge is -2.44. The Labute approximate surface area is 164 Å². The van der Waals surface area contributed by atoms with Crippen LogP contribution in [-0.4, -0.2) is 43.5 Å². The fourth-order valence-electron chi connectivity index (χ4n) is 4.26. The minimum Gasteiger partial charge on any atom is -0.481 e.